The van der Waals surface area contributed by atoms with Gasteiger partial charge in [0.1, 0.15) is 5.75 Å². The van der Waals surface area contributed by atoms with Gasteiger partial charge in [0.25, 0.3) is 0 Å². The van der Waals surface area contributed by atoms with E-state index in [1.165, 1.54) is 0 Å². The second-order valence-electron chi connectivity index (χ2n) is 3.44. The highest BCUT2D eigenvalue weighted by Crippen LogP contribution is 2.25. The number of unbranched alkanes of at least 4 members (excludes halogenated alkanes) is 1. The van der Waals surface area contributed by atoms with Crippen molar-refractivity contribution in [3.05, 3.63) is 23.3 Å². The van der Waals surface area contributed by atoms with Crippen LogP contribution in [-0.4, -0.2) is 5.11 Å². The van der Waals surface area contributed by atoms with E-state index in [9.17, 15) is 5.11 Å². The molecule has 1 aromatic carbocycles. The number of nitrogens with two attached hydrogens (primary N) is 1. The van der Waals surface area contributed by atoms with Crippen LogP contribution in [-0.2, 0) is 6.42 Å². The minimum Gasteiger partial charge on any atom is -0.508 e. The van der Waals surface area contributed by atoms with Crippen LogP contribution in [0.15, 0.2) is 12.1 Å². The summed E-state index contributed by atoms with van der Waals surface area (Å²) in [6.45, 7) is 4.13. The number of rotatable bonds is 3. The number of aryl methyl sites for hydroxylation is 1. The molecule has 0 aliphatic heterocycles. The van der Waals surface area contributed by atoms with Crippen molar-refractivity contribution in [2.45, 2.75) is 33.1 Å². The number of phenols is 1. The van der Waals surface area contributed by atoms with E-state index in [1.807, 2.05) is 13.0 Å². The minimum atomic E-state index is 0.339. The number of anilines is 1. The van der Waals surface area contributed by atoms with Crippen molar-refractivity contribution >= 4 is 5.69 Å². The van der Waals surface area contributed by atoms with Crippen molar-refractivity contribution in [2.24, 2.45) is 0 Å². The maximum Gasteiger partial charge on any atom is 0.121 e. The lowest BCUT2D eigenvalue weighted by molar-refractivity contribution is 0.466. The molecule has 0 atom stereocenters. The van der Waals surface area contributed by atoms with Crippen LogP contribution in [0.4, 0.5) is 5.69 Å². The van der Waals surface area contributed by atoms with Crippen molar-refractivity contribution in [1.29, 1.82) is 0 Å². The van der Waals surface area contributed by atoms with Crippen LogP contribution in [0.25, 0.3) is 0 Å². The molecular weight excluding hydrogens is 162 g/mol. The lowest BCUT2D eigenvalue weighted by Gasteiger charge is -2.08. The van der Waals surface area contributed by atoms with Crippen LogP contribution >= 0.6 is 0 Å². The summed E-state index contributed by atoms with van der Waals surface area (Å²) < 4.78 is 0. The van der Waals surface area contributed by atoms with Crippen molar-refractivity contribution < 1.29 is 5.11 Å². The van der Waals surface area contributed by atoms with Gasteiger partial charge in [-0.05, 0) is 37.0 Å². The van der Waals surface area contributed by atoms with Gasteiger partial charge in [-0.15, -0.1) is 0 Å². The summed E-state index contributed by atoms with van der Waals surface area (Å²) >= 11 is 0. The first-order valence-corrected chi connectivity index (χ1v) is 4.73. The Balaban J connectivity index is 2.92. The summed E-state index contributed by atoms with van der Waals surface area (Å²) in [5.74, 6) is 0.339. The summed E-state index contributed by atoms with van der Waals surface area (Å²) in [4.78, 5) is 0. The van der Waals surface area contributed by atoms with Crippen molar-refractivity contribution in [3.8, 4) is 5.75 Å². The molecule has 2 nitrogen and oxygen atoms in total. The molecular formula is C11H17NO. The molecule has 0 heterocycles. The maximum atomic E-state index is 9.62. The van der Waals surface area contributed by atoms with Gasteiger partial charge in [0.05, 0.1) is 0 Å². The number of hydrogen-bond acceptors (Lipinski definition) is 2. The van der Waals surface area contributed by atoms with E-state index < -0.39 is 0 Å². The van der Waals surface area contributed by atoms with E-state index in [1.54, 1.807) is 6.07 Å². The Bertz CT molecular complexity index is 271. The third kappa shape index (κ3) is 2.38. The van der Waals surface area contributed by atoms with Crippen molar-refractivity contribution in [3.63, 3.8) is 0 Å². The van der Waals surface area contributed by atoms with E-state index in [0.29, 0.717) is 11.4 Å². The van der Waals surface area contributed by atoms with E-state index >= 15 is 0 Å². The first-order valence-electron chi connectivity index (χ1n) is 4.73. The highest BCUT2D eigenvalue weighted by molar-refractivity contribution is 5.52. The lowest BCUT2D eigenvalue weighted by Crippen LogP contribution is -1.93. The summed E-state index contributed by atoms with van der Waals surface area (Å²) in [6, 6.07) is 3.53. The number of hydrogen-bond donors (Lipinski definition) is 2. The molecule has 0 aromatic heterocycles. The molecule has 0 unspecified atom stereocenters. The Morgan fingerprint density at radius 3 is 2.62 bits per heavy atom. The van der Waals surface area contributed by atoms with Gasteiger partial charge in [0.2, 0.25) is 0 Å². The SMILES string of the molecule is CCCCc1c(C)cc(N)cc1O. The molecule has 0 amide bonds. The Morgan fingerprint density at radius 2 is 2.08 bits per heavy atom. The van der Waals surface area contributed by atoms with Gasteiger partial charge in [-0.3, -0.25) is 0 Å². The summed E-state index contributed by atoms with van der Waals surface area (Å²) in [5, 5.41) is 9.62. The number of phenolic OH excluding ortho intramolecular Hbond substituents is 1. The molecule has 2 heteroatoms. The fourth-order valence-corrected chi connectivity index (χ4v) is 1.50. The zero-order valence-corrected chi connectivity index (χ0v) is 8.30. The van der Waals surface area contributed by atoms with Crippen molar-refractivity contribution in [2.75, 3.05) is 5.73 Å². The van der Waals surface area contributed by atoms with Crippen LogP contribution < -0.4 is 5.73 Å². The molecule has 0 bridgehead atoms. The molecule has 0 radical (unpaired) electrons. The van der Waals surface area contributed by atoms with Crippen LogP contribution in [0.5, 0.6) is 5.75 Å². The smallest absolute Gasteiger partial charge is 0.121 e. The van der Waals surface area contributed by atoms with Crippen LogP contribution in [0.1, 0.15) is 30.9 Å². The highest BCUT2D eigenvalue weighted by atomic mass is 16.3. The van der Waals surface area contributed by atoms with Crippen LogP contribution in [0.2, 0.25) is 0 Å². The van der Waals surface area contributed by atoms with Crippen LogP contribution in [0, 0.1) is 6.92 Å². The monoisotopic (exact) mass is 179 g/mol. The molecule has 0 saturated heterocycles. The molecule has 13 heavy (non-hydrogen) atoms. The standard InChI is InChI=1S/C11H17NO/c1-3-4-5-10-8(2)6-9(12)7-11(10)13/h6-7,13H,3-5,12H2,1-2H3. The van der Waals surface area contributed by atoms with E-state index in [-0.39, 0.29) is 0 Å². The van der Waals surface area contributed by atoms with Crippen LogP contribution in [0.3, 0.4) is 0 Å². The average molecular weight is 179 g/mol. The molecule has 1 rings (SSSR count). The Labute approximate surface area is 79.4 Å². The quantitative estimate of drug-likeness (QED) is 0.701. The lowest BCUT2D eigenvalue weighted by atomic mass is 10.0. The Hall–Kier alpha value is -1.18. The predicted octanol–water partition coefficient (Wildman–Crippen LogP) is 2.63. The van der Waals surface area contributed by atoms with E-state index in [0.717, 1.165) is 30.4 Å². The Kier molecular flexibility index (Phi) is 3.18. The molecule has 0 spiro atoms. The van der Waals surface area contributed by atoms with E-state index in [2.05, 4.69) is 6.92 Å². The van der Waals surface area contributed by atoms with Gasteiger partial charge < -0.3 is 10.8 Å². The van der Waals surface area contributed by atoms with Gasteiger partial charge in [0.15, 0.2) is 0 Å². The molecule has 0 aliphatic rings. The van der Waals surface area contributed by atoms with E-state index in [4.69, 9.17) is 5.73 Å². The highest BCUT2D eigenvalue weighted by Gasteiger charge is 2.05. The molecule has 1 aromatic rings. The third-order valence-electron chi connectivity index (χ3n) is 2.25. The average Bonchev–Trinajstić information content (AvgIpc) is 2.02. The zero-order valence-electron chi connectivity index (χ0n) is 8.30. The largest absolute Gasteiger partial charge is 0.508 e. The second kappa shape index (κ2) is 4.17. The summed E-state index contributed by atoms with van der Waals surface area (Å²) in [6.07, 6.45) is 3.19. The van der Waals surface area contributed by atoms with Gasteiger partial charge >= 0.3 is 0 Å². The molecule has 0 saturated carbocycles. The fraction of sp³-hybridized carbons (Fsp3) is 0.455. The van der Waals surface area contributed by atoms with Gasteiger partial charge in [-0.25, -0.2) is 0 Å². The van der Waals surface area contributed by atoms with Gasteiger partial charge in [0, 0.05) is 11.8 Å². The molecule has 72 valence electrons. The molecule has 3 N–H and O–H groups in total. The zero-order chi connectivity index (χ0) is 9.84. The first-order chi connectivity index (χ1) is 6.15. The predicted molar refractivity (Wildman–Crippen MR) is 55.9 cm³/mol. The number of nitrogen functional groups attached to an aromatic ring is 1. The minimum absolute atomic E-state index is 0.339. The summed E-state index contributed by atoms with van der Waals surface area (Å²) in [5.41, 5.74) is 8.36. The molecule has 0 aliphatic carbocycles. The first kappa shape index (κ1) is 9.90. The maximum absolute atomic E-state index is 9.62. The number of benzene rings is 1. The molecule has 0 fully saturated rings. The fourth-order valence-electron chi connectivity index (χ4n) is 1.50. The van der Waals surface area contributed by atoms with Crippen molar-refractivity contribution in [1.82, 2.24) is 0 Å². The Morgan fingerprint density at radius 1 is 1.38 bits per heavy atom. The summed E-state index contributed by atoms with van der Waals surface area (Å²) in [7, 11) is 0. The third-order valence-corrected chi connectivity index (χ3v) is 2.25. The number of aromatic hydroxyl groups is 1. The second-order valence-corrected chi connectivity index (χ2v) is 3.44. The van der Waals surface area contributed by atoms with Gasteiger partial charge in [-0.2, -0.15) is 0 Å². The normalized spacial score (nSPS) is 10.3. The van der Waals surface area contributed by atoms with Gasteiger partial charge in [-0.1, -0.05) is 13.3 Å². The topological polar surface area (TPSA) is 46.2 Å².